The van der Waals surface area contributed by atoms with Gasteiger partial charge in [0.1, 0.15) is 0 Å². The minimum atomic E-state index is -0.688. The standard InChI is InChI=1S/C15H26O3/c1-9(2)11-4-5-15(7-11)10(3)14(18)13(17)6-12(15)8-16/h10-14,16-18H,1,4-8H2,2-3H3/t10?,11-,12?,13?,14?,15+/m1/s1. The number of aliphatic hydroxyl groups excluding tert-OH is 3. The molecule has 2 fully saturated rings. The van der Waals surface area contributed by atoms with Gasteiger partial charge in [0.25, 0.3) is 0 Å². The molecule has 104 valence electrons. The van der Waals surface area contributed by atoms with Crippen molar-refractivity contribution in [1.29, 1.82) is 0 Å². The largest absolute Gasteiger partial charge is 0.396 e. The van der Waals surface area contributed by atoms with Gasteiger partial charge in [-0.05, 0) is 55.8 Å². The topological polar surface area (TPSA) is 60.7 Å². The maximum absolute atomic E-state index is 10.2. The summed E-state index contributed by atoms with van der Waals surface area (Å²) in [6, 6.07) is 0. The third-order valence-corrected chi connectivity index (χ3v) is 5.65. The first-order valence-corrected chi connectivity index (χ1v) is 7.04. The van der Waals surface area contributed by atoms with Gasteiger partial charge in [-0.2, -0.15) is 0 Å². The molecule has 0 amide bonds. The fourth-order valence-electron chi connectivity index (χ4n) is 4.28. The van der Waals surface area contributed by atoms with Gasteiger partial charge in [-0.15, -0.1) is 0 Å². The SMILES string of the molecule is C=C(C)[C@@H]1CC[C@@]2(C1)C(CO)CC(O)C(O)C2C. The van der Waals surface area contributed by atoms with Crippen molar-refractivity contribution >= 4 is 0 Å². The summed E-state index contributed by atoms with van der Waals surface area (Å²) in [6.07, 6.45) is 2.30. The molecule has 1 spiro atoms. The number of hydrogen-bond donors (Lipinski definition) is 3. The molecule has 0 radical (unpaired) electrons. The lowest BCUT2D eigenvalue weighted by atomic mass is 9.57. The predicted molar refractivity (Wildman–Crippen MR) is 71.0 cm³/mol. The monoisotopic (exact) mass is 254 g/mol. The van der Waals surface area contributed by atoms with Crippen molar-refractivity contribution in [2.45, 2.75) is 51.7 Å². The van der Waals surface area contributed by atoms with Gasteiger partial charge in [-0.3, -0.25) is 0 Å². The molecular formula is C15H26O3. The Bertz CT molecular complexity index is 324. The highest BCUT2D eigenvalue weighted by Crippen LogP contribution is 2.58. The zero-order chi connectivity index (χ0) is 13.5. The Kier molecular flexibility index (Phi) is 3.86. The van der Waals surface area contributed by atoms with Crippen LogP contribution >= 0.6 is 0 Å². The van der Waals surface area contributed by atoms with E-state index >= 15 is 0 Å². The molecule has 0 saturated heterocycles. The molecule has 0 heterocycles. The molecular weight excluding hydrogens is 228 g/mol. The van der Waals surface area contributed by atoms with Crippen molar-refractivity contribution in [3.05, 3.63) is 12.2 Å². The van der Waals surface area contributed by atoms with E-state index in [1.807, 2.05) is 6.92 Å². The highest BCUT2D eigenvalue weighted by atomic mass is 16.3. The summed E-state index contributed by atoms with van der Waals surface area (Å²) < 4.78 is 0. The highest BCUT2D eigenvalue weighted by Gasteiger charge is 2.54. The molecule has 3 N–H and O–H groups in total. The summed E-state index contributed by atoms with van der Waals surface area (Å²) >= 11 is 0. The van der Waals surface area contributed by atoms with Crippen LogP contribution in [0.15, 0.2) is 12.2 Å². The normalized spacial score (nSPS) is 48.6. The van der Waals surface area contributed by atoms with E-state index in [2.05, 4.69) is 13.5 Å². The van der Waals surface area contributed by atoms with Gasteiger partial charge < -0.3 is 15.3 Å². The molecule has 2 aliphatic rings. The molecule has 0 bridgehead atoms. The van der Waals surface area contributed by atoms with E-state index in [9.17, 15) is 15.3 Å². The van der Waals surface area contributed by atoms with Gasteiger partial charge in [0, 0.05) is 6.61 Å². The van der Waals surface area contributed by atoms with Crippen LogP contribution in [-0.2, 0) is 0 Å². The van der Waals surface area contributed by atoms with Crippen molar-refractivity contribution in [1.82, 2.24) is 0 Å². The summed E-state index contributed by atoms with van der Waals surface area (Å²) in [4.78, 5) is 0. The van der Waals surface area contributed by atoms with E-state index < -0.39 is 12.2 Å². The molecule has 0 aromatic heterocycles. The van der Waals surface area contributed by atoms with Crippen LogP contribution in [0.5, 0.6) is 0 Å². The molecule has 2 rings (SSSR count). The maximum Gasteiger partial charge on any atom is 0.0830 e. The Hall–Kier alpha value is -0.380. The summed E-state index contributed by atoms with van der Waals surface area (Å²) in [6.45, 7) is 8.25. The second kappa shape index (κ2) is 4.95. The number of allylic oxidation sites excluding steroid dienone is 1. The van der Waals surface area contributed by atoms with E-state index in [-0.39, 0.29) is 23.9 Å². The Morgan fingerprint density at radius 1 is 1.39 bits per heavy atom. The van der Waals surface area contributed by atoms with Crippen molar-refractivity contribution in [3.63, 3.8) is 0 Å². The van der Waals surface area contributed by atoms with Crippen LogP contribution in [0, 0.1) is 23.2 Å². The van der Waals surface area contributed by atoms with E-state index in [4.69, 9.17) is 0 Å². The lowest BCUT2D eigenvalue weighted by Crippen LogP contribution is -2.53. The van der Waals surface area contributed by atoms with Crippen molar-refractivity contribution < 1.29 is 15.3 Å². The summed E-state index contributed by atoms with van der Waals surface area (Å²) in [5, 5.41) is 29.7. The van der Waals surface area contributed by atoms with E-state index in [0.717, 1.165) is 19.3 Å². The van der Waals surface area contributed by atoms with Crippen molar-refractivity contribution in [3.8, 4) is 0 Å². The molecule has 3 nitrogen and oxygen atoms in total. The Labute approximate surface area is 110 Å². The average molecular weight is 254 g/mol. The number of rotatable bonds is 2. The van der Waals surface area contributed by atoms with E-state index in [1.54, 1.807) is 0 Å². The van der Waals surface area contributed by atoms with Crippen molar-refractivity contribution in [2.75, 3.05) is 6.61 Å². The fourth-order valence-corrected chi connectivity index (χ4v) is 4.28. The van der Waals surface area contributed by atoms with Crippen LogP contribution in [0.4, 0.5) is 0 Å². The molecule has 0 aliphatic heterocycles. The van der Waals surface area contributed by atoms with Gasteiger partial charge in [-0.25, -0.2) is 0 Å². The molecule has 3 heteroatoms. The number of aliphatic hydroxyl groups is 3. The van der Waals surface area contributed by atoms with E-state index in [0.29, 0.717) is 12.3 Å². The quantitative estimate of drug-likeness (QED) is 0.658. The zero-order valence-corrected chi connectivity index (χ0v) is 11.5. The highest BCUT2D eigenvalue weighted by molar-refractivity contribution is 5.10. The van der Waals surface area contributed by atoms with Crippen LogP contribution in [-0.4, -0.2) is 34.1 Å². The van der Waals surface area contributed by atoms with Crippen LogP contribution in [0.2, 0.25) is 0 Å². The first-order valence-electron chi connectivity index (χ1n) is 7.04. The van der Waals surface area contributed by atoms with Gasteiger partial charge in [-0.1, -0.05) is 19.1 Å². The first kappa shape index (κ1) is 14.0. The molecule has 2 saturated carbocycles. The summed E-state index contributed by atoms with van der Waals surface area (Å²) in [5.41, 5.74) is 1.19. The van der Waals surface area contributed by atoms with Crippen LogP contribution in [0.3, 0.4) is 0 Å². The van der Waals surface area contributed by atoms with Crippen LogP contribution in [0.25, 0.3) is 0 Å². The lowest BCUT2D eigenvalue weighted by molar-refractivity contribution is -0.135. The van der Waals surface area contributed by atoms with Crippen molar-refractivity contribution in [2.24, 2.45) is 23.2 Å². The minimum absolute atomic E-state index is 0.0169. The number of hydrogen-bond acceptors (Lipinski definition) is 3. The van der Waals surface area contributed by atoms with Gasteiger partial charge in [0.05, 0.1) is 12.2 Å². The Morgan fingerprint density at radius 2 is 2.06 bits per heavy atom. The fraction of sp³-hybridized carbons (Fsp3) is 0.867. The third-order valence-electron chi connectivity index (χ3n) is 5.65. The minimum Gasteiger partial charge on any atom is -0.396 e. The van der Waals surface area contributed by atoms with Crippen LogP contribution < -0.4 is 0 Å². The molecule has 2 aliphatic carbocycles. The smallest absolute Gasteiger partial charge is 0.0830 e. The molecule has 6 atom stereocenters. The molecule has 18 heavy (non-hydrogen) atoms. The predicted octanol–water partition coefficient (Wildman–Crippen LogP) is 1.72. The van der Waals surface area contributed by atoms with Crippen LogP contribution in [0.1, 0.15) is 39.5 Å². The van der Waals surface area contributed by atoms with E-state index in [1.165, 1.54) is 5.57 Å². The first-order chi connectivity index (χ1) is 8.42. The maximum atomic E-state index is 10.2. The Morgan fingerprint density at radius 3 is 2.56 bits per heavy atom. The van der Waals surface area contributed by atoms with Gasteiger partial charge in [0.15, 0.2) is 0 Å². The van der Waals surface area contributed by atoms with Gasteiger partial charge in [0.2, 0.25) is 0 Å². The molecule has 0 aromatic carbocycles. The molecule has 0 aromatic rings. The molecule has 4 unspecified atom stereocenters. The second-order valence-electron chi connectivity index (χ2n) is 6.48. The zero-order valence-electron chi connectivity index (χ0n) is 11.5. The summed E-state index contributed by atoms with van der Waals surface area (Å²) in [7, 11) is 0. The summed E-state index contributed by atoms with van der Waals surface area (Å²) in [5.74, 6) is 0.655. The lowest BCUT2D eigenvalue weighted by Gasteiger charge is -2.50. The average Bonchev–Trinajstić information content (AvgIpc) is 2.78. The second-order valence-corrected chi connectivity index (χ2v) is 6.48. The van der Waals surface area contributed by atoms with Gasteiger partial charge >= 0.3 is 0 Å². The Balaban J connectivity index is 2.25. The third kappa shape index (κ3) is 2.02.